The molecule has 106 valence electrons. The molecule has 0 spiro atoms. The molecular weight excluding hydrogens is 226 g/mol. The maximum Gasteiger partial charge on any atom is 0.234 e. The van der Waals surface area contributed by atoms with Gasteiger partial charge in [-0.15, -0.1) is 0 Å². The largest absolute Gasteiger partial charge is 0.368 e. The van der Waals surface area contributed by atoms with Gasteiger partial charge in [0.2, 0.25) is 5.91 Å². The van der Waals surface area contributed by atoms with Crippen LogP contribution in [0.2, 0.25) is 0 Å². The van der Waals surface area contributed by atoms with Gasteiger partial charge < -0.3 is 16.0 Å². The lowest BCUT2D eigenvalue weighted by molar-refractivity contribution is -0.120. The van der Waals surface area contributed by atoms with Gasteiger partial charge >= 0.3 is 0 Å². The fourth-order valence-electron chi connectivity index (χ4n) is 2.74. The van der Waals surface area contributed by atoms with Crippen LogP contribution in [0.25, 0.3) is 0 Å². The summed E-state index contributed by atoms with van der Waals surface area (Å²) in [6.07, 6.45) is 3.40. The van der Waals surface area contributed by atoms with Crippen molar-refractivity contribution in [1.82, 2.24) is 10.2 Å². The number of hydrogen-bond donors (Lipinski definition) is 2. The minimum Gasteiger partial charge on any atom is -0.368 e. The van der Waals surface area contributed by atoms with E-state index in [0.717, 1.165) is 25.4 Å². The summed E-state index contributed by atoms with van der Waals surface area (Å²) in [6, 6.07) is 0.709. The number of rotatable bonds is 6. The number of nitrogens with two attached hydrogens (primary N) is 1. The standard InChI is InChI=1S/C14H29N3O/c1-10(2)16-13(14(15)18)7-9-17-8-5-6-11(3)12(17)4/h10-13,16H,5-9H2,1-4H3,(H2,15,18). The minimum atomic E-state index is -0.235. The first kappa shape index (κ1) is 15.4. The van der Waals surface area contributed by atoms with Crippen molar-refractivity contribution in [2.45, 2.75) is 65.1 Å². The Labute approximate surface area is 111 Å². The van der Waals surface area contributed by atoms with Crippen LogP contribution < -0.4 is 11.1 Å². The van der Waals surface area contributed by atoms with E-state index in [0.29, 0.717) is 12.1 Å². The van der Waals surface area contributed by atoms with Crippen LogP contribution in [-0.4, -0.2) is 42.0 Å². The summed E-state index contributed by atoms with van der Waals surface area (Å²) in [4.78, 5) is 13.9. The molecule has 0 aromatic rings. The van der Waals surface area contributed by atoms with Crippen LogP contribution >= 0.6 is 0 Å². The maximum atomic E-state index is 11.4. The molecule has 3 atom stereocenters. The first-order valence-electron chi connectivity index (χ1n) is 7.21. The van der Waals surface area contributed by atoms with Gasteiger partial charge in [0, 0.05) is 18.6 Å². The smallest absolute Gasteiger partial charge is 0.234 e. The van der Waals surface area contributed by atoms with Gasteiger partial charge in [-0.2, -0.15) is 0 Å². The van der Waals surface area contributed by atoms with Crippen LogP contribution in [0.1, 0.15) is 47.0 Å². The molecule has 1 aliphatic rings. The SMILES string of the molecule is CC(C)NC(CCN1CCCC(C)C1C)C(N)=O. The van der Waals surface area contributed by atoms with Gasteiger partial charge in [0.15, 0.2) is 0 Å². The summed E-state index contributed by atoms with van der Waals surface area (Å²) < 4.78 is 0. The summed E-state index contributed by atoms with van der Waals surface area (Å²) in [5, 5.41) is 3.24. The number of nitrogens with zero attached hydrogens (tertiary/aromatic N) is 1. The second-order valence-electron chi connectivity index (χ2n) is 5.96. The monoisotopic (exact) mass is 255 g/mol. The molecule has 1 fully saturated rings. The molecule has 1 rings (SSSR count). The molecule has 4 heteroatoms. The quantitative estimate of drug-likeness (QED) is 0.753. The number of hydrogen-bond acceptors (Lipinski definition) is 3. The Hall–Kier alpha value is -0.610. The molecule has 4 nitrogen and oxygen atoms in total. The zero-order valence-electron chi connectivity index (χ0n) is 12.3. The lowest BCUT2D eigenvalue weighted by atomic mass is 9.92. The van der Waals surface area contributed by atoms with Crippen molar-refractivity contribution in [3.05, 3.63) is 0 Å². The average molecular weight is 255 g/mol. The highest BCUT2D eigenvalue weighted by atomic mass is 16.1. The van der Waals surface area contributed by atoms with Gasteiger partial charge in [-0.25, -0.2) is 0 Å². The van der Waals surface area contributed by atoms with Gasteiger partial charge in [0.05, 0.1) is 6.04 Å². The Kier molecular flexibility index (Phi) is 6.09. The summed E-state index contributed by atoms with van der Waals surface area (Å²) in [5.41, 5.74) is 5.44. The van der Waals surface area contributed by atoms with Crippen LogP contribution in [0.3, 0.4) is 0 Å². The first-order valence-corrected chi connectivity index (χ1v) is 7.21. The predicted molar refractivity (Wildman–Crippen MR) is 75.3 cm³/mol. The highest BCUT2D eigenvalue weighted by Crippen LogP contribution is 2.22. The van der Waals surface area contributed by atoms with Crippen molar-refractivity contribution in [2.24, 2.45) is 11.7 Å². The van der Waals surface area contributed by atoms with E-state index in [4.69, 9.17) is 5.73 Å². The second-order valence-corrected chi connectivity index (χ2v) is 5.96. The van der Waals surface area contributed by atoms with E-state index in [1.54, 1.807) is 0 Å². The summed E-state index contributed by atoms with van der Waals surface area (Å²) in [7, 11) is 0. The Morgan fingerprint density at radius 2 is 2.11 bits per heavy atom. The zero-order valence-corrected chi connectivity index (χ0v) is 12.3. The van der Waals surface area contributed by atoms with Crippen molar-refractivity contribution >= 4 is 5.91 Å². The molecule has 0 radical (unpaired) electrons. The van der Waals surface area contributed by atoms with E-state index in [1.165, 1.54) is 12.8 Å². The molecule has 1 heterocycles. The van der Waals surface area contributed by atoms with Crippen molar-refractivity contribution < 1.29 is 4.79 Å². The predicted octanol–water partition coefficient (Wildman–Crippen LogP) is 1.35. The fraction of sp³-hybridized carbons (Fsp3) is 0.929. The molecular formula is C14H29N3O. The topological polar surface area (TPSA) is 58.4 Å². The number of carbonyl (C=O) groups is 1. The zero-order chi connectivity index (χ0) is 13.7. The van der Waals surface area contributed by atoms with E-state index < -0.39 is 0 Å². The molecule has 0 saturated carbocycles. The van der Waals surface area contributed by atoms with Gasteiger partial charge in [-0.05, 0) is 38.6 Å². The first-order chi connectivity index (χ1) is 8.41. The molecule has 1 saturated heterocycles. The van der Waals surface area contributed by atoms with Gasteiger partial charge in [0.25, 0.3) is 0 Å². The average Bonchev–Trinajstić information content (AvgIpc) is 2.28. The molecule has 0 aliphatic carbocycles. The molecule has 1 aliphatic heterocycles. The van der Waals surface area contributed by atoms with Crippen molar-refractivity contribution in [3.63, 3.8) is 0 Å². The van der Waals surface area contributed by atoms with Crippen LogP contribution in [-0.2, 0) is 4.79 Å². The van der Waals surface area contributed by atoms with Crippen LogP contribution in [0, 0.1) is 5.92 Å². The number of carbonyl (C=O) groups excluding carboxylic acids is 1. The summed E-state index contributed by atoms with van der Waals surface area (Å²) in [6.45, 7) is 10.8. The number of amides is 1. The highest BCUT2D eigenvalue weighted by molar-refractivity contribution is 5.79. The van der Waals surface area contributed by atoms with Crippen LogP contribution in [0.15, 0.2) is 0 Å². The number of nitrogens with one attached hydrogen (secondary N) is 1. The van der Waals surface area contributed by atoms with Gasteiger partial charge in [-0.3, -0.25) is 4.79 Å². The van der Waals surface area contributed by atoms with Crippen molar-refractivity contribution in [1.29, 1.82) is 0 Å². The molecule has 0 aromatic heterocycles. The third kappa shape index (κ3) is 4.58. The van der Waals surface area contributed by atoms with Gasteiger partial charge in [-0.1, -0.05) is 20.8 Å². The number of piperidine rings is 1. The van der Waals surface area contributed by atoms with Crippen molar-refractivity contribution in [3.8, 4) is 0 Å². The molecule has 3 unspecified atom stereocenters. The van der Waals surface area contributed by atoms with E-state index >= 15 is 0 Å². The normalized spacial score (nSPS) is 27.4. The van der Waals surface area contributed by atoms with Gasteiger partial charge in [0.1, 0.15) is 0 Å². The van der Waals surface area contributed by atoms with Crippen LogP contribution in [0.5, 0.6) is 0 Å². The summed E-state index contributed by atoms with van der Waals surface area (Å²) >= 11 is 0. The Bertz CT molecular complexity index is 268. The maximum absolute atomic E-state index is 11.4. The lowest BCUT2D eigenvalue weighted by Gasteiger charge is -2.38. The molecule has 1 amide bonds. The minimum absolute atomic E-state index is 0.200. The Morgan fingerprint density at radius 1 is 1.44 bits per heavy atom. The van der Waals surface area contributed by atoms with E-state index in [9.17, 15) is 4.79 Å². The summed E-state index contributed by atoms with van der Waals surface area (Å²) in [5.74, 6) is 0.519. The van der Waals surface area contributed by atoms with E-state index in [-0.39, 0.29) is 11.9 Å². The Morgan fingerprint density at radius 3 is 2.67 bits per heavy atom. The molecule has 18 heavy (non-hydrogen) atoms. The molecule has 3 N–H and O–H groups in total. The van der Waals surface area contributed by atoms with E-state index in [2.05, 4.69) is 24.1 Å². The highest BCUT2D eigenvalue weighted by Gasteiger charge is 2.25. The number of primary amides is 1. The number of likely N-dealkylation sites (tertiary alicyclic amines) is 1. The lowest BCUT2D eigenvalue weighted by Crippen LogP contribution is -2.49. The van der Waals surface area contributed by atoms with Crippen molar-refractivity contribution in [2.75, 3.05) is 13.1 Å². The van der Waals surface area contributed by atoms with Crippen LogP contribution in [0.4, 0.5) is 0 Å². The van der Waals surface area contributed by atoms with E-state index in [1.807, 2.05) is 13.8 Å². The second kappa shape index (κ2) is 7.10. The molecule has 0 aromatic carbocycles. The Balaban J connectivity index is 2.43. The third-order valence-corrected chi connectivity index (χ3v) is 4.09. The third-order valence-electron chi connectivity index (χ3n) is 4.09. The molecule has 0 bridgehead atoms. The fourth-order valence-corrected chi connectivity index (χ4v) is 2.74.